The number of nitrogens with two attached hydrogens (primary N) is 1. The van der Waals surface area contributed by atoms with Gasteiger partial charge in [-0.15, -0.1) is 10.2 Å². The number of fused-ring (bicyclic) bond motifs is 1. The molecule has 1 aromatic heterocycles. The highest BCUT2D eigenvalue weighted by Crippen LogP contribution is 2.25. The summed E-state index contributed by atoms with van der Waals surface area (Å²) in [5.41, 5.74) is 7.68. The molecule has 3 rings (SSSR count). The van der Waals surface area contributed by atoms with Gasteiger partial charge in [0.15, 0.2) is 5.82 Å². The van der Waals surface area contributed by atoms with Crippen molar-refractivity contribution < 1.29 is 0 Å². The molecular formula is C12H14ClN5. The lowest BCUT2D eigenvalue weighted by Crippen LogP contribution is -2.33. The van der Waals surface area contributed by atoms with Crippen LogP contribution in [0.4, 0.5) is 5.69 Å². The van der Waals surface area contributed by atoms with E-state index in [4.69, 9.17) is 17.3 Å². The van der Waals surface area contributed by atoms with Gasteiger partial charge in [0.05, 0.1) is 6.54 Å². The Kier molecular flexibility index (Phi) is 2.93. The summed E-state index contributed by atoms with van der Waals surface area (Å²) in [7, 11) is 0. The first kappa shape index (κ1) is 11.5. The SMILES string of the molecule is NCc1ccc(N2CCn3cnnc3C2)cc1Cl. The molecule has 2 heterocycles. The fourth-order valence-electron chi connectivity index (χ4n) is 2.19. The van der Waals surface area contributed by atoms with Gasteiger partial charge in [0.25, 0.3) is 0 Å². The Hall–Kier alpha value is -1.59. The Morgan fingerprint density at radius 2 is 2.22 bits per heavy atom. The molecule has 1 aliphatic rings. The average Bonchev–Trinajstić information content (AvgIpc) is 2.85. The zero-order chi connectivity index (χ0) is 12.5. The third-order valence-electron chi connectivity index (χ3n) is 3.26. The van der Waals surface area contributed by atoms with E-state index in [2.05, 4.69) is 25.7 Å². The molecule has 2 aromatic rings. The van der Waals surface area contributed by atoms with E-state index in [0.717, 1.165) is 41.7 Å². The van der Waals surface area contributed by atoms with Crippen LogP contribution >= 0.6 is 11.6 Å². The van der Waals surface area contributed by atoms with Gasteiger partial charge in [-0.2, -0.15) is 0 Å². The van der Waals surface area contributed by atoms with E-state index in [0.29, 0.717) is 6.54 Å². The molecule has 2 N–H and O–H groups in total. The van der Waals surface area contributed by atoms with Gasteiger partial charge < -0.3 is 15.2 Å². The molecule has 18 heavy (non-hydrogen) atoms. The van der Waals surface area contributed by atoms with E-state index >= 15 is 0 Å². The summed E-state index contributed by atoms with van der Waals surface area (Å²) in [5, 5.41) is 8.75. The fraction of sp³-hybridized carbons (Fsp3) is 0.333. The maximum atomic E-state index is 6.19. The monoisotopic (exact) mass is 263 g/mol. The third kappa shape index (κ3) is 1.95. The van der Waals surface area contributed by atoms with Gasteiger partial charge in [-0.25, -0.2) is 0 Å². The molecule has 5 nitrogen and oxygen atoms in total. The van der Waals surface area contributed by atoms with Crippen molar-refractivity contribution >= 4 is 17.3 Å². The number of hydrogen-bond acceptors (Lipinski definition) is 4. The molecular weight excluding hydrogens is 250 g/mol. The van der Waals surface area contributed by atoms with Crippen LogP contribution in [0.15, 0.2) is 24.5 Å². The molecule has 0 saturated heterocycles. The molecule has 1 aromatic carbocycles. The van der Waals surface area contributed by atoms with E-state index in [1.54, 1.807) is 6.33 Å². The minimum Gasteiger partial charge on any atom is -0.362 e. The number of benzene rings is 1. The smallest absolute Gasteiger partial charge is 0.152 e. The van der Waals surface area contributed by atoms with Crippen LogP contribution in [0.25, 0.3) is 0 Å². The molecule has 0 bridgehead atoms. The maximum absolute atomic E-state index is 6.19. The van der Waals surface area contributed by atoms with Crippen LogP contribution in [-0.2, 0) is 19.6 Å². The van der Waals surface area contributed by atoms with Crippen molar-refractivity contribution in [3.63, 3.8) is 0 Å². The van der Waals surface area contributed by atoms with E-state index in [9.17, 15) is 0 Å². The lowest BCUT2D eigenvalue weighted by atomic mass is 10.2. The van der Waals surface area contributed by atoms with Crippen LogP contribution in [0, 0.1) is 0 Å². The van der Waals surface area contributed by atoms with Gasteiger partial charge in [0.1, 0.15) is 6.33 Å². The first-order valence-electron chi connectivity index (χ1n) is 5.88. The Labute approximate surface area is 110 Å². The summed E-state index contributed by atoms with van der Waals surface area (Å²) in [5.74, 6) is 0.986. The second kappa shape index (κ2) is 4.59. The minimum absolute atomic E-state index is 0.466. The van der Waals surface area contributed by atoms with Crippen molar-refractivity contribution in [1.82, 2.24) is 14.8 Å². The molecule has 0 aliphatic carbocycles. The van der Waals surface area contributed by atoms with Crippen LogP contribution in [0.5, 0.6) is 0 Å². The molecule has 0 amide bonds. The summed E-state index contributed by atoms with van der Waals surface area (Å²) in [6.07, 6.45) is 1.77. The van der Waals surface area contributed by atoms with Gasteiger partial charge in [0.2, 0.25) is 0 Å². The van der Waals surface area contributed by atoms with Crippen LogP contribution in [0.3, 0.4) is 0 Å². The lowest BCUT2D eigenvalue weighted by Gasteiger charge is -2.29. The zero-order valence-corrected chi connectivity index (χ0v) is 10.6. The number of nitrogens with zero attached hydrogens (tertiary/aromatic N) is 4. The van der Waals surface area contributed by atoms with E-state index in [1.165, 1.54) is 0 Å². The number of anilines is 1. The Morgan fingerprint density at radius 1 is 1.33 bits per heavy atom. The Bertz CT molecular complexity index is 565. The van der Waals surface area contributed by atoms with Crippen LogP contribution in [0.2, 0.25) is 5.02 Å². The van der Waals surface area contributed by atoms with E-state index < -0.39 is 0 Å². The normalized spacial score (nSPS) is 14.7. The molecule has 6 heteroatoms. The molecule has 94 valence electrons. The Balaban J connectivity index is 1.86. The van der Waals surface area contributed by atoms with Crippen molar-refractivity contribution in [2.75, 3.05) is 11.4 Å². The summed E-state index contributed by atoms with van der Waals surface area (Å²) in [6.45, 7) is 3.06. The largest absolute Gasteiger partial charge is 0.362 e. The molecule has 0 spiro atoms. The van der Waals surface area contributed by atoms with Gasteiger partial charge in [-0.05, 0) is 17.7 Å². The lowest BCUT2D eigenvalue weighted by molar-refractivity contribution is 0.560. The standard InChI is InChI=1S/C12H14ClN5/c13-11-5-10(2-1-9(11)6-14)17-3-4-18-8-15-16-12(18)7-17/h1-2,5,8H,3-4,6-7,14H2. The zero-order valence-electron chi connectivity index (χ0n) is 9.88. The van der Waals surface area contributed by atoms with Crippen LogP contribution < -0.4 is 10.6 Å². The maximum Gasteiger partial charge on any atom is 0.152 e. The molecule has 0 radical (unpaired) electrons. The quantitative estimate of drug-likeness (QED) is 0.890. The second-order valence-electron chi connectivity index (χ2n) is 4.34. The van der Waals surface area contributed by atoms with Gasteiger partial charge in [-0.3, -0.25) is 0 Å². The minimum atomic E-state index is 0.466. The number of halogens is 1. The average molecular weight is 264 g/mol. The summed E-state index contributed by atoms with van der Waals surface area (Å²) in [6, 6.07) is 6.01. The first-order chi connectivity index (χ1) is 8.78. The predicted octanol–water partition coefficient (Wildman–Crippen LogP) is 1.41. The van der Waals surface area contributed by atoms with Crippen molar-refractivity contribution in [2.45, 2.75) is 19.6 Å². The second-order valence-corrected chi connectivity index (χ2v) is 4.75. The molecule has 0 saturated carbocycles. The highest BCUT2D eigenvalue weighted by Gasteiger charge is 2.18. The van der Waals surface area contributed by atoms with Crippen molar-refractivity contribution in [3.8, 4) is 0 Å². The summed E-state index contributed by atoms with van der Waals surface area (Å²) < 4.78 is 2.08. The van der Waals surface area contributed by atoms with Crippen molar-refractivity contribution in [1.29, 1.82) is 0 Å². The first-order valence-corrected chi connectivity index (χ1v) is 6.26. The molecule has 0 fully saturated rings. The van der Waals surface area contributed by atoms with Gasteiger partial charge in [-0.1, -0.05) is 17.7 Å². The Morgan fingerprint density at radius 3 is 3.00 bits per heavy atom. The third-order valence-corrected chi connectivity index (χ3v) is 3.61. The number of hydrogen-bond donors (Lipinski definition) is 1. The fourth-order valence-corrected chi connectivity index (χ4v) is 2.44. The van der Waals surface area contributed by atoms with Crippen LogP contribution in [-0.4, -0.2) is 21.3 Å². The summed E-state index contributed by atoms with van der Waals surface area (Å²) in [4.78, 5) is 2.25. The predicted molar refractivity (Wildman–Crippen MR) is 70.4 cm³/mol. The van der Waals surface area contributed by atoms with Gasteiger partial charge >= 0.3 is 0 Å². The van der Waals surface area contributed by atoms with Crippen LogP contribution in [0.1, 0.15) is 11.4 Å². The number of aromatic nitrogens is 3. The molecule has 0 unspecified atom stereocenters. The summed E-state index contributed by atoms with van der Waals surface area (Å²) >= 11 is 6.19. The van der Waals surface area contributed by atoms with Crippen molar-refractivity contribution in [2.24, 2.45) is 5.73 Å². The highest BCUT2D eigenvalue weighted by atomic mass is 35.5. The van der Waals surface area contributed by atoms with E-state index in [-0.39, 0.29) is 0 Å². The van der Waals surface area contributed by atoms with Crippen molar-refractivity contribution in [3.05, 3.63) is 40.9 Å². The topological polar surface area (TPSA) is 60.0 Å². The van der Waals surface area contributed by atoms with E-state index in [1.807, 2.05) is 12.1 Å². The number of rotatable bonds is 2. The molecule has 1 aliphatic heterocycles. The van der Waals surface area contributed by atoms with Gasteiger partial charge in [0, 0.05) is 30.3 Å². The molecule has 0 atom stereocenters. The highest BCUT2D eigenvalue weighted by molar-refractivity contribution is 6.31.